The molecule has 0 fully saturated rings. The lowest BCUT2D eigenvalue weighted by Crippen LogP contribution is -2.31. The predicted octanol–water partition coefficient (Wildman–Crippen LogP) is 1.79. The molecule has 0 unspecified atom stereocenters. The smallest absolute Gasteiger partial charge is 0.257 e. The molecule has 98 valence electrons. The summed E-state index contributed by atoms with van der Waals surface area (Å²) >= 11 is 0. The van der Waals surface area contributed by atoms with Gasteiger partial charge in [-0.25, -0.2) is 4.39 Å². The lowest BCUT2D eigenvalue weighted by molar-refractivity contribution is -0.123. The molecule has 0 atom stereocenters. The maximum absolute atomic E-state index is 13.4. The second-order valence-electron chi connectivity index (χ2n) is 4.29. The number of carbonyl (C=O) groups excluding carboxylic acids is 2. The first kappa shape index (κ1) is 14.2. The van der Waals surface area contributed by atoms with E-state index < -0.39 is 5.82 Å². The number of carbonyl (C=O) groups is 2. The average Bonchev–Trinajstić information content (AvgIpc) is 2.34. The molecule has 0 aliphatic rings. The standard InChI is InChI=1S/C13H16FNO3/c1-9(2)6-15-13(17)8-18-12-4-3-10(7-16)5-11(12)14/h3-5,7,9H,6,8H2,1-2H3,(H,15,17). The topological polar surface area (TPSA) is 55.4 Å². The highest BCUT2D eigenvalue weighted by atomic mass is 19.1. The van der Waals surface area contributed by atoms with Gasteiger partial charge in [-0.2, -0.15) is 0 Å². The van der Waals surface area contributed by atoms with E-state index in [0.717, 1.165) is 6.07 Å². The Morgan fingerprint density at radius 2 is 2.22 bits per heavy atom. The minimum atomic E-state index is -0.656. The van der Waals surface area contributed by atoms with Crippen molar-refractivity contribution in [3.05, 3.63) is 29.6 Å². The van der Waals surface area contributed by atoms with Gasteiger partial charge in [-0.1, -0.05) is 13.8 Å². The van der Waals surface area contributed by atoms with Crippen LogP contribution in [-0.4, -0.2) is 25.3 Å². The minimum absolute atomic E-state index is 0.0414. The number of rotatable bonds is 6. The third-order valence-electron chi connectivity index (χ3n) is 2.16. The Labute approximate surface area is 105 Å². The van der Waals surface area contributed by atoms with E-state index in [2.05, 4.69) is 5.32 Å². The predicted molar refractivity (Wildman–Crippen MR) is 65.1 cm³/mol. The summed E-state index contributed by atoms with van der Waals surface area (Å²) in [5.41, 5.74) is 0.226. The number of benzene rings is 1. The minimum Gasteiger partial charge on any atom is -0.481 e. The first-order valence-electron chi connectivity index (χ1n) is 5.67. The van der Waals surface area contributed by atoms with Crippen LogP contribution in [0, 0.1) is 11.7 Å². The fourth-order valence-electron chi connectivity index (χ4n) is 1.22. The first-order valence-corrected chi connectivity index (χ1v) is 5.67. The summed E-state index contributed by atoms with van der Waals surface area (Å²) in [6.45, 7) is 4.25. The van der Waals surface area contributed by atoms with E-state index in [-0.39, 0.29) is 23.8 Å². The molecule has 0 spiro atoms. The Morgan fingerprint density at radius 3 is 2.78 bits per heavy atom. The van der Waals surface area contributed by atoms with Gasteiger partial charge in [0.25, 0.3) is 5.91 Å². The third kappa shape index (κ3) is 4.53. The molecule has 5 heteroatoms. The average molecular weight is 253 g/mol. The molecule has 1 aromatic carbocycles. The van der Waals surface area contributed by atoms with Crippen molar-refractivity contribution in [2.24, 2.45) is 5.92 Å². The number of hydrogen-bond donors (Lipinski definition) is 1. The summed E-state index contributed by atoms with van der Waals surface area (Å²) in [5.74, 6) is -0.656. The fraction of sp³-hybridized carbons (Fsp3) is 0.385. The SMILES string of the molecule is CC(C)CNC(=O)COc1ccc(C=O)cc1F. The molecular formula is C13H16FNO3. The van der Waals surface area contributed by atoms with Crippen LogP contribution in [0.15, 0.2) is 18.2 Å². The zero-order chi connectivity index (χ0) is 13.5. The van der Waals surface area contributed by atoms with Crippen LogP contribution >= 0.6 is 0 Å². The molecule has 18 heavy (non-hydrogen) atoms. The quantitative estimate of drug-likeness (QED) is 0.786. The van der Waals surface area contributed by atoms with E-state index in [9.17, 15) is 14.0 Å². The van der Waals surface area contributed by atoms with Crippen molar-refractivity contribution in [3.63, 3.8) is 0 Å². The van der Waals surface area contributed by atoms with Crippen molar-refractivity contribution >= 4 is 12.2 Å². The van der Waals surface area contributed by atoms with Crippen LogP contribution in [0.3, 0.4) is 0 Å². The summed E-state index contributed by atoms with van der Waals surface area (Å²) in [6, 6.07) is 3.82. The monoisotopic (exact) mass is 253 g/mol. The Bertz CT molecular complexity index is 432. The van der Waals surface area contributed by atoms with Gasteiger partial charge in [0.2, 0.25) is 0 Å². The maximum atomic E-state index is 13.4. The largest absolute Gasteiger partial charge is 0.481 e. The number of hydrogen-bond acceptors (Lipinski definition) is 3. The summed E-state index contributed by atoms with van der Waals surface area (Å²) < 4.78 is 18.4. The second kappa shape index (κ2) is 6.74. The fourth-order valence-corrected chi connectivity index (χ4v) is 1.22. The first-order chi connectivity index (χ1) is 8.52. The van der Waals surface area contributed by atoms with Crippen molar-refractivity contribution in [2.75, 3.05) is 13.2 Å². The molecule has 0 radical (unpaired) electrons. The highest BCUT2D eigenvalue weighted by molar-refractivity contribution is 5.77. The Balaban J connectivity index is 2.48. The van der Waals surface area contributed by atoms with Gasteiger partial charge in [0.15, 0.2) is 18.2 Å². The van der Waals surface area contributed by atoms with Gasteiger partial charge >= 0.3 is 0 Å². The number of nitrogens with one attached hydrogen (secondary N) is 1. The maximum Gasteiger partial charge on any atom is 0.257 e. The van der Waals surface area contributed by atoms with E-state index in [0.29, 0.717) is 18.7 Å². The van der Waals surface area contributed by atoms with E-state index in [4.69, 9.17) is 4.74 Å². The number of aldehydes is 1. The highest BCUT2D eigenvalue weighted by Crippen LogP contribution is 2.17. The van der Waals surface area contributed by atoms with E-state index in [1.807, 2.05) is 13.8 Å². The molecule has 0 aliphatic carbocycles. The molecule has 1 aromatic rings. The van der Waals surface area contributed by atoms with Crippen molar-refractivity contribution in [3.8, 4) is 5.75 Å². The second-order valence-corrected chi connectivity index (χ2v) is 4.29. The highest BCUT2D eigenvalue weighted by Gasteiger charge is 2.07. The van der Waals surface area contributed by atoms with Crippen LogP contribution in [0.2, 0.25) is 0 Å². The van der Waals surface area contributed by atoms with Crippen LogP contribution in [0.4, 0.5) is 4.39 Å². The number of amides is 1. The number of ether oxygens (including phenoxy) is 1. The lowest BCUT2D eigenvalue weighted by Gasteiger charge is -2.09. The van der Waals surface area contributed by atoms with Crippen molar-refractivity contribution < 1.29 is 18.7 Å². The summed E-state index contributed by atoms with van der Waals surface area (Å²) in [4.78, 5) is 21.8. The van der Waals surface area contributed by atoms with Crippen LogP contribution < -0.4 is 10.1 Å². The van der Waals surface area contributed by atoms with Gasteiger partial charge < -0.3 is 10.1 Å². The van der Waals surface area contributed by atoms with Crippen molar-refractivity contribution in [1.29, 1.82) is 0 Å². The molecule has 0 aromatic heterocycles. The van der Waals surface area contributed by atoms with Gasteiger partial charge in [-0.15, -0.1) is 0 Å². The molecule has 0 aliphatic heterocycles. The van der Waals surface area contributed by atoms with Gasteiger partial charge in [-0.3, -0.25) is 9.59 Å². The van der Waals surface area contributed by atoms with Crippen LogP contribution in [-0.2, 0) is 4.79 Å². The molecule has 0 saturated carbocycles. The zero-order valence-corrected chi connectivity index (χ0v) is 10.4. The molecule has 4 nitrogen and oxygen atoms in total. The molecule has 1 rings (SSSR count). The van der Waals surface area contributed by atoms with E-state index in [1.54, 1.807) is 0 Å². The van der Waals surface area contributed by atoms with Gasteiger partial charge in [0.05, 0.1) is 0 Å². The molecule has 1 amide bonds. The van der Waals surface area contributed by atoms with Crippen molar-refractivity contribution in [2.45, 2.75) is 13.8 Å². The van der Waals surface area contributed by atoms with Gasteiger partial charge in [-0.05, 0) is 24.1 Å². The summed E-state index contributed by atoms with van der Waals surface area (Å²) in [7, 11) is 0. The summed E-state index contributed by atoms with van der Waals surface area (Å²) in [6.07, 6.45) is 0.544. The Kier molecular flexibility index (Phi) is 5.30. The number of halogens is 1. The Hall–Kier alpha value is -1.91. The van der Waals surface area contributed by atoms with Crippen LogP contribution in [0.25, 0.3) is 0 Å². The molecule has 1 N–H and O–H groups in total. The molecule has 0 heterocycles. The zero-order valence-electron chi connectivity index (χ0n) is 10.4. The van der Waals surface area contributed by atoms with Gasteiger partial charge in [0.1, 0.15) is 6.29 Å². The van der Waals surface area contributed by atoms with Crippen LogP contribution in [0.5, 0.6) is 5.75 Å². The van der Waals surface area contributed by atoms with Crippen LogP contribution in [0.1, 0.15) is 24.2 Å². The molecule has 0 saturated heterocycles. The van der Waals surface area contributed by atoms with E-state index in [1.165, 1.54) is 12.1 Å². The lowest BCUT2D eigenvalue weighted by atomic mass is 10.2. The Morgan fingerprint density at radius 1 is 1.50 bits per heavy atom. The molecular weight excluding hydrogens is 237 g/mol. The van der Waals surface area contributed by atoms with E-state index >= 15 is 0 Å². The third-order valence-corrected chi connectivity index (χ3v) is 2.16. The van der Waals surface area contributed by atoms with Crippen molar-refractivity contribution in [1.82, 2.24) is 5.32 Å². The summed E-state index contributed by atoms with van der Waals surface area (Å²) in [5, 5.41) is 2.65. The van der Waals surface area contributed by atoms with Gasteiger partial charge in [0, 0.05) is 12.1 Å². The normalized spacial score (nSPS) is 10.2. The molecule has 0 bridgehead atoms.